The van der Waals surface area contributed by atoms with Crippen molar-refractivity contribution in [2.75, 3.05) is 12.3 Å². The molecule has 2 atom stereocenters. The zero-order valence-electron chi connectivity index (χ0n) is 13.0. The lowest BCUT2D eigenvalue weighted by Gasteiger charge is -2.24. The minimum Gasteiger partial charge on any atom is -0.309 e. The highest BCUT2D eigenvalue weighted by atomic mass is 32.2. The smallest absolute Gasteiger partial charge is 0.0437 e. The van der Waals surface area contributed by atoms with Crippen LogP contribution in [0.15, 0.2) is 18.2 Å². The Balaban J connectivity index is 2.94. The van der Waals surface area contributed by atoms with Crippen molar-refractivity contribution in [3.05, 3.63) is 34.9 Å². The summed E-state index contributed by atoms with van der Waals surface area (Å²) in [7, 11) is -0.844. The molecule has 1 N–H and O–H groups in total. The molecule has 2 unspecified atom stereocenters. The molecule has 0 spiro atoms. The van der Waals surface area contributed by atoms with Crippen LogP contribution < -0.4 is 5.32 Å². The van der Waals surface area contributed by atoms with Gasteiger partial charge in [0, 0.05) is 27.3 Å². The van der Waals surface area contributed by atoms with E-state index in [1.54, 1.807) is 0 Å². The van der Waals surface area contributed by atoms with Gasteiger partial charge in [-0.1, -0.05) is 25.1 Å². The van der Waals surface area contributed by atoms with Gasteiger partial charge in [-0.2, -0.15) is 0 Å². The Hall–Kier alpha value is -0.670. The third-order valence-corrected chi connectivity index (χ3v) is 5.39. The summed E-state index contributed by atoms with van der Waals surface area (Å²) in [5.41, 5.74) is 3.83. The number of hydrogen-bond acceptors (Lipinski definition) is 2. The lowest BCUT2D eigenvalue weighted by molar-refractivity contribution is 0.583. The average Bonchev–Trinajstić information content (AvgIpc) is 2.31. The lowest BCUT2D eigenvalue weighted by Crippen LogP contribution is -2.32. The first-order valence-electron chi connectivity index (χ1n) is 6.94. The van der Waals surface area contributed by atoms with Crippen LogP contribution in [0.1, 0.15) is 50.4 Å². The van der Waals surface area contributed by atoms with Gasteiger partial charge in [0.25, 0.3) is 0 Å². The SMILES string of the molecule is CCNC(CS(=O)C(C)(C)C)c1ccc(C)c(C)c1. The Kier molecular flexibility index (Phi) is 5.75. The second kappa shape index (κ2) is 6.67. The molecule has 2 nitrogen and oxygen atoms in total. The molecule has 19 heavy (non-hydrogen) atoms. The summed E-state index contributed by atoms with van der Waals surface area (Å²) in [4.78, 5) is 0. The van der Waals surface area contributed by atoms with Crippen LogP contribution >= 0.6 is 0 Å². The Morgan fingerprint density at radius 2 is 1.84 bits per heavy atom. The summed E-state index contributed by atoms with van der Waals surface area (Å²) >= 11 is 0. The second-order valence-corrected chi connectivity index (χ2v) is 8.33. The number of nitrogens with one attached hydrogen (secondary N) is 1. The minimum atomic E-state index is -0.844. The summed E-state index contributed by atoms with van der Waals surface area (Å²) in [5, 5.41) is 3.46. The standard InChI is InChI=1S/C16H27NOS/c1-7-17-15(11-19(18)16(4,5)6)14-9-8-12(2)13(3)10-14/h8-10,15,17H,7,11H2,1-6H3. The van der Waals surface area contributed by atoms with E-state index in [0.29, 0.717) is 5.75 Å². The Morgan fingerprint density at radius 1 is 1.21 bits per heavy atom. The van der Waals surface area contributed by atoms with E-state index in [1.165, 1.54) is 16.7 Å². The average molecular weight is 281 g/mol. The molecule has 0 aliphatic carbocycles. The van der Waals surface area contributed by atoms with Crippen molar-refractivity contribution in [3.63, 3.8) is 0 Å². The van der Waals surface area contributed by atoms with Crippen LogP contribution in [0.4, 0.5) is 0 Å². The summed E-state index contributed by atoms with van der Waals surface area (Å²) in [6.45, 7) is 13.3. The first-order chi connectivity index (χ1) is 8.75. The van der Waals surface area contributed by atoms with Gasteiger partial charge in [0.15, 0.2) is 0 Å². The molecule has 1 rings (SSSR count). The molecule has 0 radical (unpaired) electrons. The number of hydrogen-bond donors (Lipinski definition) is 1. The Bertz CT molecular complexity index is 449. The topological polar surface area (TPSA) is 29.1 Å². The third kappa shape index (κ3) is 4.73. The zero-order valence-corrected chi connectivity index (χ0v) is 13.9. The summed E-state index contributed by atoms with van der Waals surface area (Å²) in [5.74, 6) is 0.667. The van der Waals surface area contributed by atoms with Gasteiger partial charge in [-0.3, -0.25) is 4.21 Å². The molecule has 0 saturated heterocycles. The fourth-order valence-electron chi connectivity index (χ4n) is 1.90. The molecule has 1 aromatic rings. The van der Waals surface area contributed by atoms with Gasteiger partial charge in [0.1, 0.15) is 0 Å². The van der Waals surface area contributed by atoms with Gasteiger partial charge in [-0.05, 0) is 57.9 Å². The first-order valence-corrected chi connectivity index (χ1v) is 8.26. The molecular formula is C16H27NOS. The van der Waals surface area contributed by atoms with Crippen molar-refractivity contribution in [1.82, 2.24) is 5.32 Å². The van der Waals surface area contributed by atoms with Crippen LogP contribution in [0.25, 0.3) is 0 Å². The molecule has 0 bridgehead atoms. The number of aryl methyl sites for hydroxylation is 2. The lowest BCUT2D eigenvalue weighted by atomic mass is 10.0. The summed E-state index contributed by atoms with van der Waals surface area (Å²) in [6, 6.07) is 6.68. The predicted molar refractivity (Wildman–Crippen MR) is 85.1 cm³/mol. The summed E-state index contributed by atoms with van der Waals surface area (Å²) in [6.07, 6.45) is 0. The molecule has 0 saturated carbocycles. The molecule has 1 aromatic carbocycles. The van der Waals surface area contributed by atoms with Crippen molar-refractivity contribution < 1.29 is 4.21 Å². The van der Waals surface area contributed by atoms with Crippen LogP contribution in [-0.4, -0.2) is 21.3 Å². The highest BCUT2D eigenvalue weighted by molar-refractivity contribution is 7.86. The fourth-order valence-corrected chi connectivity index (χ4v) is 3.02. The van der Waals surface area contributed by atoms with E-state index in [2.05, 4.69) is 44.3 Å². The van der Waals surface area contributed by atoms with Crippen LogP contribution in [0.5, 0.6) is 0 Å². The van der Waals surface area contributed by atoms with Gasteiger partial charge >= 0.3 is 0 Å². The molecule has 3 heteroatoms. The molecule has 0 heterocycles. The van der Waals surface area contributed by atoms with Crippen molar-refractivity contribution in [2.45, 2.75) is 52.3 Å². The van der Waals surface area contributed by atoms with E-state index < -0.39 is 10.8 Å². The van der Waals surface area contributed by atoms with E-state index in [-0.39, 0.29) is 10.8 Å². The van der Waals surface area contributed by atoms with Gasteiger partial charge in [0.2, 0.25) is 0 Å². The minimum absolute atomic E-state index is 0.159. The van der Waals surface area contributed by atoms with E-state index in [1.807, 2.05) is 20.8 Å². The molecular weight excluding hydrogens is 254 g/mol. The highest BCUT2D eigenvalue weighted by Gasteiger charge is 2.23. The maximum Gasteiger partial charge on any atom is 0.0437 e. The largest absolute Gasteiger partial charge is 0.309 e. The quantitative estimate of drug-likeness (QED) is 0.895. The number of rotatable bonds is 5. The van der Waals surface area contributed by atoms with E-state index in [0.717, 1.165) is 6.54 Å². The van der Waals surface area contributed by atoms with Crippen LogP contribution in [0, 0.1) is 13.8 Å². The molecule has 0 aliphatic heterocycles. The van der Waals surface area contributed by atoms with Crippen LogP contribution in [-0.2, 0) is 10.8 Å². The van der Waals surface area contributed by atoms with Gasteiger partial charge in [0.05, 0.1) is 0 Å². The van der Waals surface area contributed by atoms with Crippen molar-refractivity contribution in [3.8, 4) is 0 Å². The maximum atomic E-state index is 12.3. The zero-order chi connectivity index (χ0) is 14.6. The number of benzene rings is 1. The Labute approximate surface area is 120 Å². The van der Waals surface area contributed by atoms with Gasteiger partial charge in [-0.15, -0.1) is 0 Å². The summed E-state index contributed by atoms with van der Waals surface area (Å²) < 4.78 is 12.2. The monoisotopic (exact) mass is 281 g/mol. The third-order valence-electron chi connectivity index (χ3n) is 3.38. The van der Waals surface area contributed by atoms with Crippen LogP contribution in [0.2, 0.25) is 0 Å². The van der Waals surface area contributed by atoms with Crippen LogP contribution in [0.3, 0.4) is 0 Å². The van der Waals surface area contributed by atoms with Crippen molar-refractivity contribution in [2.24, 2.45) is 0 Å². The fraction of sp³-hybridized carbons (Fsp3) is 0.625. The van der Waals surface area contributed by atoms with Crippen molar-refractivity contribution >= 4 is 10.8 Å². The molecule has 0 aromatic heterocycles. The highest BCUT2D eigenvalue weighted by Crippen LogP contribution is 2.21. The maximum absolute atomic E-state index is 12.3. The normalized spacial score (nSPS) is 15.3. The molecule has 0 fully saturated rings. The van der Waals surface area contributed by atoms with E-state index >= 15 is 0 Å². The van der Waals surface area contributed by atoms with Crippen molar-refractivity contribution in [1.29, 1.82) is 0 Å². The Morgan fingerprint density at radius 3 is 2.32 bits per heavy atom. The second-order valence-electron chi connectivity index (χ2n) is 6.08. The first kappa shape index (κ1) is 16.4. The molecule has 0 aliphatic rings. The molecule has 0 amide bonds. The van der Waals surface area contributed by atoms with Gasteiger partial charge < -0.3 is 5.32 Å². The predicted octanol–water partition coefficient (Wildman–Crippen LogP) is 3.50. The van der Waals surface area contributed by atoms with Gasteiger partial charge in [-0.25, -0.2) is 0 Å². The van der Waals surface area contributed by atoms with E-state index in [4.69, 9.17) is 0 Å². The molecule has 108 valence electrons. The van der Waals surface area contributed by atoms with E-state index in [9.17, 15) is 4.21 Å².